The molecular formula is C27H29ClN2O4. The molecule has 0 aromatic heterocycles. The normalized spacial score (nSPS) is 11.0. The van der Waals surface area contributed by atoms with Crippen LogP contribution in [0.25, 0.3) is 0 Å². The third kappa shape index (κ3) is 6.99. The number of methoxy groups -OCH3 is 1. The number of benzene rings is 3. The summed E-state index contributed by atoms with van der Waals surface area (Å²) in [6.45, 7) is 6.35. The van der Waals surface area contributed by atoms with E-state index in [2.05, 4.69) is 24.4 Å². The van der Waals surface area contributed by atoms with Crippen LogP contribution in [0.5, 0.6) is 17.2 Å². The molecule has 0 atom stereocenters. The van der Waals surface area contributed by atoms with Crippen molar-refractivity contribution >= 4 is 23.7 Å². The molecule has 34 heavy (non-hydrogen) atoms. The van der Waals surface area contributed by atoms with E-state index in [0.29, 0.717) is 34.8 Å². The predicted molar refractivity (Wildman–Crippen MR) is 135 cm³/mol. The summed E-state index contributed by atoms with van der Waals surface area (Å²) in [7, 11) is 1.56. The van der Waals surface area contributed by atoms with E-state index in [0.717, 1.165) is 22.3 Å². The molecule has 7 heteroatoms. The molecule has 3 aromatic rings. The number of carbonyl (C=O) groups is 1. The summed E-state index contributed by atoms with van der Waals surface area (Å²) >= 11 is 6.19. The number of carbonyl (C=O) groups excluding carboxylic acids is 1. The topological polar surface area (TPSA) is 69.2 Å². The number of hydrogen-bond donors (Lipinski definition) is 1. The Hall–Kier alpha value is -3.51. The molecule has 6 nitrogen and oxygen atoms in total. The van der Waals surface area contributed by atoms with Gasteiger partial charge in [0.15, 0.2) is 18.1 Å². The lowest BCUT2D eigenvalue weighted by molar-refractivity contribution is -0.123. The van der Waals surface area contributed by atoms with Crippen molar-refractivity contribution in [1.82, 2.24) is 5.43 Å². The van der Waals surface area contributed by atoms with Gasteiger partial charge in [-0.3, -0.25) is 4.79 Å². The van der Waals surface area contributed by atoms with E-state index in [9.17, 15) is 4.79 Å². The van der Waals surface area contributed by atoms with Gasteiger partial charge in [-0.25, -0.2) is 5.43 Å². The van der Waals surface area contributed by atoms with Gasteiger partial charge >= 0.3 is 0 Å². The van der Waals surface area contributed by atoms with E-state index in [4.69, 9.17) is 25.8 Å². The average Bonchev–Trinajstić information content (AvgIpc) is 2.82. The van der Waals surface area contributed by atoms with Gasteiger partial charge in [0.2, 0.25) is 0 Å². The molecule has 0 aliphatic heterocycles. The molecule has 0 bridgehead atoms. The van der Waals surface area contributed by atoms with Crippen LogP contribution in [0.2, 0.25) is 5.02 Å². The van der Waals surface area contributed by atoms with Gasteiger partial charge in [-0.2, -0.15) is 5.10 Å². The van der Waals surface area contributed by atoms with Crippen LogP contribution in [0.15, 0.2) is 65.8 Å². The van der Waals surface area contributed by atoms with Crippen LogP contribution in [0.1, 0.15) is 42.0 Å². The third-order valence-corrected chi connectivity index (χ3v) is 5.45. The van der Waals surface area contributed by atoms with Crippen molar-refractivity contribution in [2.45, 2.75) is 33.3 Å². The maximum Gasteiger partial charge on any atom is 0.277 e. The first-order valence-electron chi connectivity index (χ1n) is 11.0. The van der Waals surface area contributed by atoms with Crippen molar-refractivity contribution in [3.63, 3.8) is 0 Å². The van der Waals surface area contributed by atoms with Gasteiger partial charge in [0.25, 0.3) is 5.91 Å². The molecule has 1 amide bonds. The van der Waals surface area contributed by atoms with Crippen LogP contribution in [-0.4, -0.2) is 25.8 Å². The Bertz CT molecular complexity index is 1160. The molecule has 0 aliphatic carbocycles. The van der Waals surface area contributed by atoms with Gasteiger partial charge in [-0.05, 0) is 59.9 Å². The summed E-state index contributed by atoms with van der Waals surface area (Å²) < 4.78 is 17.0. The summed E-state index contributed by atoms with van der Waals surface area (Å²) in [5.74, 6) is 1.79. The van der Waals surface area contributed by atoms with Gasteiger partial charge in [0.05, 0.1) is 13.3 Å². The quantitative estimate of drug-likeness (QED) is 0.290. The Morgan fingerprint density at radius 1 is 1.03 bits per heavy atom. The first-order valence-corrected chi connectivity index (χ1v) is 11.3. The fraction of sp³-hybridized carbons (Fsp3) is 0.259. The third-order valence-electron chi connectivity index (χ3n) is 5.08. The fourth-order valence-electron chi connectivity index (χ4n) is 3.25. The van der Waals surface area contributed by atoms with E-state index in [1.165, 1.54) is 6.21 Å². The lowest BCUT2D eigenvalue weighted by atomic mass is 10.0. The number of nitrogens with zero attached hydrogens (tertiary/aromatic N) is 1. The van der Waals surface area contributed by atoms with Crippen molar-refractivity contribution in [3.05, 3.63) is 87.9 Å². The zero-order valence-corrected chi connectivity index (χ0v) is 20.6. The van der Waals surface area contributed by atoms with Crippen molar-refractivity contribution in [3.8, 4) is 17.2 Å². The molecule has 3 aromatic carbocycles. The van der Waals surface area contributed by atoms with Gasteiger partial charge in [-0.1, -0.05) is 55.8 Å². The molecule has 0 spiro atoms. The second-order valence-corrected chi connectivity index (χ2v) is 8.48. The number of aryl methyl sites for hydroxylation is 1. The Morgan fingerprint density at radius 3 is 2.56 bits per heavy atom. The molecule has 178 valence electrons. The molecule has 0 saturated carbocycles. The predicted octanol–water partition coefficient (Wildman–Crippen LogP) is 5.89. The van der Waals surface area contributed by atoms with Crippen LogP contribution in [0.3, 0.4) is 0 Å². The number of ether oxygens (including phenoxy) is 3. The Kier molecular flexibility index (Phi) is 8.93. The number of nitrogens with one attached hydrogen (secondary N) is 1. The highest BCUT2D eigenvalue weighted by Crippen LogP contribution is 2.29. The summed E-state index contributed by atoms with van der Waals surface area (Å²) in [6, 6.07) is 18.9. The zero-order chi connectivity index (χ0) is 24.5. The number of amides is 1. The number of rotatable bonds is 10. The maximum atomic E-state index is 12.2. The number of hydrazone groups is 1. The molecule has 3 rings (SSSR count). The molecule has 0 radical (unpaired) electrons. The standard InChI is InChI=1S/C27H29ClN2O4/c1-18(2)22-11-9-19(3)13-25(22)34-17-27(31)30-29-15-20-10-12-24(26(14-20)32-4)33-16-21-7-5-6-8-23(21)28/h5-15,18H,16-17H2,1-4H3,(H,30,31)/b29-15+. The molecule has 0 saturated heterocycles. The Balaban J connectivity index is 1.55. The van der Waals surface area contributed by atoms with Gasteiger partial charge in [-0.15, -0.1) is 0 Å². The van der Waals surface area contributed by atoms with Gasteiger partial charge in [0, 0.05) is 10.6 Å². The summed E-state index contributed by atoms with van der Waals surface area (Å²) in [4.78, 5) is 12.2. The SMILES string of the molecule is COc1cc(/C=N/NC(=O)COc2cc(C)ccc2C(C)C)ccc1OCc1ccccc1Cl. The van der Waals surface area contributed by atoms with Crippen molar-refractivity contribution < 1.29 is 19.0 Å². The summed E-state index contributed by atoms with van der Waals surface area (Å²) in [5, 5.41) is 4.67. The second-order valence-electron chi connectivity index (χ2n) is 8.07. The molecule has 0 unspecified atom stereocenters. The molecular weight excluding hydrogens is 452 g/mol. The van der Waals surface area contributed by atoms with Crippen molar-refractivity contribution in [2.75, 3.05) is 13.7 Å². The van der Waals surface area contributed by atoms with E-state index < -0.39 is 0 Å². The average molecular weight is 481 g/mol. The van der Waals surface area contributed by atoms with Gasteiger partial charge < -0.3 is 14.2 Å². The van der Waals surface area contributed by atoms with Crippen LogP contribution >= 0.6 is 11.6 Å². The number of hydrogen-bond acceptors (Lipinski definition) is 5. The van der Waals surface area contributed by atoms with Crippen molar-refractivity contribution in [2.24, 2.45) is 5.10 Å². The summed E-state index contributed by atoms with van der Waals surface area (Å²) in [5.41, 5.74) is 6.25. The van der Waals surface area contributed by atoms with Crippen LogP contribution in [0, 0.1) is 6.92 Å². The highest BCUT2D eigenvalue weighted by atomic mass is 35.5. The zero-order valence-electron chi connectivity index (χ0n) is 19.8. The first-order chi connectivity index (χ1) is 16.4. The van der Waals surface area contributed by atoms with Crippen LogP contribution in [0.4, 0.5) is 0 Å². The van der Waals surface area contributed by atoms with Crippen LogP contribution < -0.4 is 19.6 Å². The Labute approximate surface area is 205 Å². The smallest absolute Gasteiger partial charge is 0.277 e. The minimum atomic E-state index is -0.348. The second kappa shape index (κ2) is 12.1. The first kappa shape index (κ1) is 25.1. The monoisotopic (exact) mass is 480 g/mol. The lowest BCUT2D eigenvalue weighted by Crippen LogP contribution is -2.25. The highest BCUT2D eigenvalue weighted by molar-refractivity contribution is 6.31. The van der Waals surface area contributed by atoms with Crippen molar-refractivity contribution in [1.29, 1.82) is 0 Å². The van der Waals surface area contributed by atoms with E-state index in [1.54, 1.807) is 19.2 Å². The molecule has 0 fully saturated rings. The van der Waals surface area contributed by atoms with E-state index in [1.807, 2.05) is 55.5 Å². The molecule has 0 aliphatic rings. The molecule has 0 heterocycles. The van der Waals surface area contributed by atoms with E-state index >= 15 is 0 Å². The highest BCUT2D eigenvalue weighted by Gasteiger charge is 2.10. The van der Waals surface area contributed by atoms with Crippen LogP contribution in [-0.2, 0) is 11.4 Å². The minimum Gasteiger partial charge on any atom is -0.493 e. The number of halogens is 1. The molecule has 1 N–H and O–H groups in total. The largest absolute Gasteiger partial charge is 0.493 e. The maximum absolute atomic E-state index is 12.2. The summed E-state index contributed by atoms with van der Waals surface area (Å²) in [6.07, 6.45) is 1.53. The van der Waals surface area contributed by atoms with Gasteiger partial charge in [0.1, 0.15) is 12.4 Å². The fourth-order valence-corrected chi connectivity index (χ4v) is 3.44. The lowest BCUT2D eigenvalue weighted by Gasteiger charge is -2.14. The van der Waals surface area contributed by atoms with E-state index in [-0.39, 0.29) is 12.5 Å². The Morgan fingerprint density at radius 2 is 1.82 bits per heavy atom. The minimum absolute atomic E-state index is 0.126.